The number of Topliss-reactive ketones (excluding diaryl/α,β-unsaturated/α-hetero) is 1. The third-order valence-corrected chi connectivity index (χ3v) is 8.02. The summed E-state index contributed by atoms with van der Waals surface area (Å²) in [5, 5.41) is 72.4. The molecule has 43 heavy (non-hydrogen) atoms. The highest BCUT2D eigenvalue weighted by Crippen LogP contribution is 2.48. The number of aliphatic hydroxyl groups excluding tert-OH is 6. The predicted octanol–water partition coefficient (Wildman–Crippen LogP) is -0.634. The van der Waals surface area contributed by atoms with Crippen molar-refractivity contribution in [1.82, 2.24) is 0 Å². The maximum atomic E-state index is 13.2. The normalized spacial score (nSPS) is 34.3. The minimum atomic E-state index is -1.75. The summed E-state index contributed by atoms with van der Waals surface area (Å²) >= 11 is 0. The second-order valence-corrected chi connectivity index (χ2v) is 10.9. The van der Waals surface area contributed by atoms with Gasteiger partial charge in [0.1, 0.15) is 77.4 Å². The van der Waals surface area contributed by atoms with Crippen molar-refractivity contribution in [3.05, 3.63) is 46.5 Å². The first-order chi connectivity index (χ1) is 20.4. The van der Waals surface area contributed by atoms with E-state index < -0.39 is 68.0 Å². The van der Waals surface area contributed by atoms with Crippen LogP contribution in [-0.4, -0.2) is 117 Å². The van der Waals surface area contributed by atoms with E-state index in [2.05, 4.69) is 0 Å². The summed E-state index contributed by atoms with van der Waals surface area (Å²) in [6.07, 6.45) is -14.5. The summed E-state index contributed by atoms with van der Waals surface area (Å²) in [7, 11) is 1.54. The molecule has 10 atom stereocenters. The number of phenols is 1. The van der Waals surface area contributed by atoms with E-state index in [0.29, 0.717) is 16.9 Å². The number of ether oxygens (including phenoxy) is 6. The Labute approximate surface area is 246 Å². The number of hydrogen-bond donors (Lipinski definition) is 7. The number of aliphatic hydroxyl groups is 6. The lowest BCUT2D eigenvalue weighted by Gasteiger charge is -2.41. The number of hydrogen-bond acceptors (Lipinski definition) is 14. The number of carbonyl (C=O) groups excluding carboxylic acids is 1. The van der Waals surface area contributed by atoms with Gasteiger partial charge in [-0.2, -0.15) is 0 Å². The van der Waals surface area contributed by atoms with Gasteiger partial charge in [-0.3, -0.25) is 4.79 Å². The topological polar surface area (TPSA) is 214 Å². The SMILES string of the molecule is COc1ccc(C2CC(=O)c3c(O)c(C)c(OC4OC(COC5OCC(O)C(O)C5O)C(O)C(O)C4O)c(C)c3O2)cc1. The number of aromatic hydroxyl groups is 1. The van der Waals surface area contributed by atoms with Crippen molar-refractivity contribution in [3.8, 4) is 23.0 Å². The van der Waals surface area contributed by atoms with Gasteiger partial charge in [-0.25, -0.2) is 0 Å². The van der Waals surface area contributed by atoms with Crippen LogP contribution in [0, 0.1) is 13.8 Å². The van der Waals surface area contributed by atoms with Crippen LogP contribution in [0.4, 0.5) is 0 Å². The molecule has 2 aromatic rings. The lowest BCUT2D eigenvalue weighted by molar-refractivity contribution is -0.307. The third-order valence-electron chi connectivity index (χ3n) is 8.02. The van der Waals surface area contributed by atoms with Crippen LogP contribution in [0.3, 0.4) is 0 Å². The van der Waals surface area contributed by atoms with Crippen molar-refractivity contribution in [2.24, 2.45) is 0 Å². The molecule has 3 heterocycles. The number of fused-ring (bicyclic) bond motifs is 1. The molecule has 0 spiro atoms. The van der Waals surface area contributed by atoms with E-state index >= 15 is 0 Å². The molecule has 7 N–H and O–H groups in total. The van der Waals surface area contributed by atoms with Gasteiger partial charge >= 0.3 is 0 Å². The lowest BCUT2D eigenvalue weighted by atomic mass is 9.91. The average Bonchev–Trinajstić information content (AvgIpc) is 3.00. The third kappa shape index (κ3) is 5.90. The molecule has 3 aliphatic heterocycles. The van der Waals surface area contributed by atoms with Crippen molar-refractivity contribution in [1.29, 1.82) is 0 Å². The van der Waals surface area contributed by atoms with E-state index in [0.717, 1.165) is 0 Å². The molecule has 0 amide bonds. The van der Waals surface area contributed by atoms with Crippen molar-refractivity contribution in [3.63, 3.8) is 0 Å². The Morgan fingerprint density at radius 3 is 2.23 bits per heavy atom. The van der Waals surface area contributed by atoms with Crippen LogP contribution >= 0.6 is 0 Å². The van der Waals surface area contributed by atoms with Gasteiger partial charge in [-0.15, -0.1) is 0 Å². The molecule has 2 saturated heterocycles. The first-order valence-corrected chi connectivity index (χ1v) is 13.8. The van der Waals surface area contributed by atoms with Crippen LogP contribution in [-0.2, 0) is 14.2 Å². The fraction of sp³-hybridized carbons (Fsp3) is 0.552. The first kappa shape index (κ1) is 31.4. The molecule has 0 aliphatic carbocycles. The van der Waals surface area contributed by atoms with Crippen LogP contribution in [0.2, 0.25) is 0 Å². The van der Waals surface area contributed by atoms with E-state index in [1.54, 1.807) is 31.2 Å². The summed E-state index contributed by atoms with van der Waals surface area (Å²) < 4.78 is 33.7. The minimum Gasteiger partial charge on any atom is -0.507 e. The van der Waals surface area contributed by atoms with Gasteiger partial charge in [0, 0.05) is 11.1 Å². The molecule has 14 heteroatoms. The van der Waals surface area contributed by atoms with E-state index in [1.807, 2.05) is 0 Å². The smallest absolute Gasteiger partial charge is 0.229 e. The van der Waals surface area contributed by atoms with Crippen LogP contribution < -0.4 is 14.2 Å². The Hall–Kier alpha value is -3.05. The van der Waals surface area contributed by atoms with Gasteiger partial charge in [0.25, 0.3) is 0 Å². The van der Waals surface area contributed by atoms with Gasteiger partial charge < -0.3 is 64.2 Å². The molecular formula is C29H36O14. The van der Waals surface area contributed by atoms with Gasteiger partial charge in [0.05, 0.1) is 26.7 Å². The zero-order chi connectivity index (χ0) is 31.2. The zero-order valence-electron chi connectivity index (χ0n) is 23.7. The molecule has 5 rings (SSSR count). The zero-order valence-corrected chi connectivity index (χ0v) is 23.7. The summed E-state index contributed by atoms with van der Waals surface area (Å²) in [6.45, 7) is 2.33. The highest BCUT2D eigenvalue weighted by Gasteiger charge is 2.47. The standard InChI is InChI=1S/C29H36O14/c1-11-20(32)19-15(30)8-17(13-4-6-14(38-3)7-5-13)41-27(19)12(2)26(11)43-29-25(37)23(35)22(34)18(42-29)10-40-28-24(36)21(33)16(31)9-39-28/h4-7,16-18,21-25,28-29,31-37H,8-10H2,1-3H3. The van der Waals surface area contributed by atoms with Gasteiger partial charge in [-0.05, 0) is 31.5 Å². The molecular weight excluding hydrogens is 572 g/mol. The summed E-state index contributed by atoms with van der Waals surface area (Å²) in [5.41, 5.74) is 1.19. The number of benzene rings is 2. The average molecular weight is 609 g/mol. The molecule has 0 radical (unpaired) electrons. The molecule has 3 aliphatic rings. The highest BCUT2D eigenvalue weighted by molar-refractivity contribution is 6.03. The van der Waals surface area contributed by atoms with Crippen LogP contribution in [0.5, 0.6) is 23.0 Å². The summed E-state index contributed by atoms with van der Waals surface area (Å²) in [4.78, 5) is 13.2. The number of rotatable bonds is 7. The predicted molar refractivity (Wildman–Crippen MR) is 144 cm³/mol. The Bertz CT molecular complexity index is 1320. The number of ketones is 1. The van der Waals surface area contributed by atoms with Crippen LogP contribution in [0.15, 0.2) is 24.3 Å². The maximum Gasteiger partial charge on any atom is 0.229 e. The number of methoxy groups -OCH3 is 1. The molecule has 10 unspecified atom stereocenters. The van der Waals surface area contributed by atoms with Crippen molar-refractivity contribution >= 4 is 5.78 Å². The quantitative estimate of drug-likeness (QED) is 0.208. The van der Waals surface area contributed by atoms with Crippen molar-refractivity contribution in [2.45, 2.75) is 81.7 Å². The lowest BCUT2D eigenvalue weighted by Crippen LogP contribution is -2.61. The minimum absolute atomic E-state index is 0.00250. The second kappa shape index (κ2) is 12.5. The van der Waals surface area contributed by atoms with E-state index in [-0.39, 0.29) is 47.2 Å². The van der Waals surface area contributed by atoms with Gasteiger partial charge in [0.15, 0.2) is 12.1 Å². The Kier molecular flexibility index (Phi) is 9.13. The monoisotopic (exact) mass is 608 g/mol. The van der Waals surface area contributed by atoms with Crippen LogP contribution in [0.1, 0.15) is 39.6 Å². The second-order valence-electron chi connectivity index (χ2n) is 10.9. The van der Waals surface area contributed by atoms with E-state index in [9.17, 15) is 40.5 Å². The van der Waals surface area contributed by atoms with Gasteiger partial charge in [0.2, 0.25) is 6.29 Å². The molecule has 0 bridgehead atoms. The van der Waals surface area contributed by atoms with E-state index in [4.69, 9.17) is 28.4 Å². The molecule has 2 aromatic carbocycles. The fourth-order valence-corrected chi connectivity index (χ4v) is 5.40. The Morgan fingerprint density at radius 2 is 1.56 bits per heavy atom. The first-order valence-electron chi connectivity index (χ1n) is 13.8. The Morgan fingerprint density at radius 1 is 0.884 bits per heavy atom. The molecule has 0 aromatic heterocycles. The summed E-state index contributed by atoms with van der Waals surface area (Å²) in [6, 6.07) is 7.01. The number of carbonyl (C=O) groups is 1. The van der Waals surface area contributed by atoms with Crippen molar-refractivity contribution in [2.75, 3.05) is 20.3 Å². The highest BCUT2D eigenvalue weighted by atomic mass is 16.7. The molecule has 0 saturated carbocycles. The summed E-state index contributed by atoms with van der Waals surface area (Å²) in [5.74, 6) is 0.0304. The fourth-order valence-electron chi connectivity index (χ4n) is 5.40. The molecule has 236 valence electrons. The Balaban J connectivity index is 1.36. The number of phenolic OH excluding ortho intramolecular Hbond substituents is 1. The van der Waals surface area contributed by atoms with E-state index in [1.165, 1.54) is 14.0 Å². The van der Waals surface area contributed by atoms with Crippen molar-refractivity contribution < 1.29 is 69.0 Å². The molecule has 14 nitrogen and oxygen atoms in total. The largest absolute Gasteiger partial charge is 0.507 e. The van der Waals surface area contributed by atoms with Gasteiger partial charge in [-0.1, -0.05) is 12.1 Å². The van der Waals surface area contributed by atoms with Crippen LogP contribution in [0.25, 0.3) is 0 Å². The molecule has 2 fully saturated rings. The maximum absolute atomic E-state index is 13.2.